The summed E-state index contributed by atoms with van der Waals surface area (Å²) in [4.78, 5) is 32.9. The van der Waals surface area contributed by atoms with E-state index in [-0.39, 0.29) is 10.8 Å². The zero-order valence-electron chi connectivity index (χ0n) is 16.8. The lowest BCUT2D eigenvalue weighted by Crippen LogP contribution is -2.12. The second-order valence-electron chi connectivity index (χ2n) is 7.06. The van der Waals surface area contributed by atoms with Crippen molar-refractivity contribution >= 4 is 54.9 Å². The minimum atomic E-state index is -0.151. The molecule has 5 rings (SSSR count). The molecule has 1 unspecified atom stereocenters. The van der Waals surface area contributed by atoms with Gasteiger partial charge in [-0.2, -0.15) is 0 Å². The molecule has 5 aromatic heterocycles. The molecule has 0 aliphatic heterocycles. The Morgan fingerprint density at radius 1 is 1.13 bits per heavy atom. The van der Waals surface area contributed by atoms with Gasteiger partial charge in [-0.1, -0.05) is 11.8 Å². The van der Waals surface area contributed by atoms with Gasteiger partial charge in [-0.3, -0.25) is 4.79 Å². The number of aromatic amines is 1. The number of nitrogens with one attached hydrogen (secondary N) is 1. The highest BCUT2D eigenvalue weighted by molar-refractivity contribution is 7.99. The van der Waals surface area contributed by atoms with E-state index in [9.17, 15) is 4.79 Å². The highest BCUT2D eigenvalue weighted by atomic mass is 32.2. The number of thioether (sulfide) groups is 1. The molecule has 0 aliphatic carbocycles. The highest BCUT2D eigenvalue weighted by Crippen LogP contribution is 2.40. The fraction of sp³-hybridized carbons (Fsp3) is 0.238. The quantitative estimate of drug-likeness (QED) is 0.264. The molecule has 152 valence electrons. The van der Waals surface area contributed by atoms with Gasteiger partial charge in [0.25, 0.3) is 5.56 Å². The number of H-pyrrole nitrogens is 1. The van der Waals surface area contributed by atoms with Crippen molar-refractivity contribution in [3.05, 3.63) is 56.2 Å². The van der Waals surface area contributed by atoms with Crippen LogP contribution < -0.4 is 5.56 Å². The molecule has 0 saturated carbocycles. The Morgan fingerprint density at radius 3 is 2.73 bits per heavy atom. The number of hydrogen-bond acceptors (Lipinski definition) is 8. The SMILES string of the molecule is Cc1nc(SC(C)c2nc3scc(-c4ccco4)c3c(=O)[nH]2)c2c(C)c(C)sc2n1. The van der Waals surface area contributed by atoms with Gasteiger partial charge >= 0.3 is 0 Å². The van der Waals surface area contributed by atoms with Crippen molar-refractivity contribution in [2.45, 2.75) is 38.0 Å². The third-order valence-electron chi connectivity index (χ3n) is 5.03. The van der Waals surface area contributed by atoms with Crippen molar-refractivity contribution in [1.29, 1.82) is 0 Å². The summed E-state index contributed by atoms with van der Waals surface area (Å²) >= 11 is 4.74. The van der Waals surface area contributed by atoms with Gasteiger partial charge in [-0.05, 0) is 45.4 Å². The molecule has 0 radical (unpaired) electrons. The Morgan fingerprint density at radius 2 is 1.97 bits per heavy atom. The van der Waals surface area contributed by atoms with E-state index in [4.69, 9.17) is 14.4 Å². The van der Waals surface area contributed by atoms with E-state index < -0.39 is 0 Å². The summed E-state index contributed by atoms with van der Waals surface area (Å²) in [5.41, 5.74) is 1.84. The van der Waals surface area contributed by atoms with Crippen LogP contribution in [-0.2, 0) is 0 Å². The summed E-state index contributed by atoms with van der Waals surface area (Å²) in [6.45, 7) is 8.16. The number of hydrogen-bond donors (Lipinski definition) is 1. The summed E-state index contributed by atoms with van der Waals surface area (Å²) in [5.74, 6) is 2.06. The van der Waals surface area contributed by atoms with Crippen molar-refractivity contribution < 1.29 is 4.42 Å². The molecule has 0 fully saturated rings. The van der Waals surface area contributed by atoms with Gasteiger partial charge in [0.1, 0.15) is 32.1 Å². The van der Waals surface area contributed by atoms with Gasteiger partial charge in [0.05, 0.1) is 16.9 Å². The predicted octanol–water partition coefficient (Wildman–Crippen LogP) is 6.03. The summed E-state index contributed by atoms with van der Waals surface area (Å²) < 4.78 is 5.47. The number of thiophene rings is 2. The number of fused-ring (bicyclic) bond motifs is 2. The molecular weight excluding hydrogens is 436 g/mol. The van der Waals surface area contributed by atoms with Crippen molar-refractivity contribution in [3.63, 3.8) is 0 Å². The molecule has 0 aliphatic rings. The van der Waals surface area contributed by atoms with Gasteiger partial charge in [0.2, 0.25) is 0 Å². The Labute approximate surface area is 184 Å². The topological polar surface area (TPSA) is 84.7 Å². The van der Waals surface area contributed by atoms with Gasteiger partial charge < -0.3 is 9.40 Å². The number of aryl methyl sites for hydroxylation is 3. The molecule has 0 amide bonds. The smallest absolute Gasteiger partial charge is 0.260 e. The molecule has 5 aromatic rings. The Balaban J connectivity index is 1.56. The monoisotopic (exact) mass is 454 g/mol. The molecule has 1 N–H and O–H groups in total. The first-order valence-corrected chi connectivity index (χ1v) is 12.0. The lowest BCUT2D eigenvalue weighted by Gasteiger charge is -2.12. The molecule has 0 spiro atoms. The fourth-order valence-corrected chi connectivity index (χ4v) is 6.58. The normalized spacial score (nSPS) is 12.8. The van der Waals surface area contributed by atoms with E-state index in [1.807, 2.05) is 31.4 Å². The first-order chi connectivity index (χ1) is 14.4. The van der Waals surface area contributed by atoms with E-state index in [0.717, 1.165) is 26.6 Å². The largest absolute Gasteiger partial charge is 0.464 e. The van der Waals surface area contributed by atoms with Crippen molar-refractivity contribution in [1.82, 2.24) is 19.9 Å². The van der Waals surface area contributed by atoms with Crippen LogP contribution in [0.5, 0.6) is 0 Å². The van der Waals surface area contributed by atoms with E-state index in [2.05, 4.69) is 23.8 Å². The minimum absolute atomic E-state index is 0.0756. The minimum Gasteiger partial charge on any atom is -0.464 e. The third kappa shape index (κ3) is 3.17. The van der Waals surface area contributed by atoms with Crippen LogP contribution in [0.2, 0.25) is 0 Å². The van der Waals surface area contributed by atoms with E-state index in [1.165, 1.54) is 21.8 Å². The Bertz CT molecular complexity index is 1450. The van der Waals surface area contributed by atoms with Crippen LogP contribution in [0.4, 0.5) is 0 Å². The maximum absolute atomic E-state index is 12.9. The zero-order valence-corrected chi connectivity index (χ0v) is 19.2. The predicted molar refractivity (Wildman–Crippen MR) is 124 cm³/mol. The number of aromatic nitrogens is 4. The second kappa shape index (κ2) is 7.33. The van der Waals surface area contributed by atoms with Crippen LogP contribution in [0.3, 0.4) is 0 Å². The fourth-order valence-electron chi connectivity index (χ4n) is 3.39. The molecule has 0 bridgehead atoms. The maximum Gasteiger partial charge on any atom is 0.260 e. The van der Waals surface area contributed by atoms with Gasteiger partial charge in [-0.15, -0.1) is 22.7 Å². The van der Waals surface area contributed by atoms with E-state index >= 15 is 0 Å². The second-order valence-corrected chi connectivity index (χ2v) is 10.4. The first-order valence-electron chi connectivity index (χ1n) is 9.38. The van der Waals surface area contributed by atoms with Crippen molar-refractivity contribution in [2.24, 2.45) is 0 Å². The van der Waals surface area contributed by atoms with Crippen LogP contribution in [0.15, 0.2) is 38.0 Å². The van der Waals surface area contributed by atoms with Crippen molar-refractivity contribution in [2.75, 3.05) is 0 Å². The van der Waals surface area contributed by atoms with E-state index in [1.54, 1.807) is 29.4 Å². The lowest BCUT2D eigenvalue weighted by molar-refractivity contribution is 0.583. The molecule has 30 heavy (non-hydrogen) atoms. The summed E-state index contributed by atoms with van der Waals surface area (Å²) in [6.07, 6.45) is 1.60. The summed E-state index contributed by atoms with van der Waals surface area (Å²) in [6, 6.07) is 3.66. The average molecular weight is 455 g/mol. The lowest BCUT2D eigenvalue weighted by atomic mass is 10.2. The van der Waals surface area contributed by atoms with Crippen LogP contribution in [0.25, 0.3) is 31.8 Å². The van der Waals surface area contributed by atoms with Crippen LogP contribution in [0, 0.1) is 20.8 Å². The standard InChI is InChI=1S/C21H18N4O2S3/c1-9-10(2)29-20-15(9)21(23-12(4)22-20)30-11(3)17-24-18(26)16-13(8-28-19(16)25-17)14-6-5-7-27-14/h5-8,11H,1-4H3,(H,24,25,26). The molecular formula is C21H18N4O2S3. The number of rotatable bonds is 4. The summed E-state index contributed by atoms with van der Waals surface area (Å²) in [5, 5.41) is 4.44. The molecule has 1 atom stereocenters. The zero-order chi connectivity index (χ0) is 21.0. The van der Waals surface area contributed by atoms with Crippen LogP contribution in [0.1, 0.15) is 34.3 Å². The molecule has 0 saturated heterocycles. The van der Waals surface area contributed by atoms with Crippen LogP contribution >= 0.6 is 34.4 Å². The number of nitrogens with zero attached hydrogens (tertiary/aromatic N) is 3. The Hall–Kier alpha value is -2.49. The highest BCUT2D eigenvalue weighted by Gasteiger charge is 2.20. The van der Waals surface area contributed by atoms with Crippen LogP contribution in [-0.4, -0.2) is 19.9 Å². The number of furan rings is 1. The molecule has 0 aromatic carbocycles. The average Bonchev–Trinajstić information content (AvgIpc) is 3.41. The van der Waals surface area contributed by atoms with Gasteiger partial charge in [0, 0.05) is 21.2 Å². The maximum atomic E-state index is 12.9. The van der Waals surface area contributed by atoms with Gasteiger partial charge in [-0.25, -0.2) is 15.0 Å². The Kier molecular flexibility index (Phi) is 4.76. The molecule has 5 heterocycles. The van der Waals surface area contributed by atoms with E-state index in [0.29, 0.717) is 21.8 Å². The van der Waals surface area contributed by atoms with Crippen molar-refractivity contribution in [3.8, 4) is 11.3 Å². The first kappa shape index (κ1) is 19.5. The third-order valence-corrected chi connectivity index (χ3v) is 8.10. The molecule has 6 nitrogen and oxygen atoms in total. The van der Waals surface area contributed by atoms with Gasteiger partial charge in [0.15, 0.2) is 0 Å². The summed E-state index contributed by atoms with van der Waals surface area (Å²) in [7, 11) is 0. The molecule has 9 heteroatoms.